The average Bonchev–Trinajstić information content (AvgIpc) is 2.43. The summed E-state index contributed by atoms with van der Waals surface area (Å²) < 4.78 is 1.01. The van der Waals surface area contributed by atoms with Gasteiger partial charge in [-0.05, 0) is 17.7 Å². The highest BCUT2D eigenvalue weighted by atomic mass is 79.9. The molecule has 1 atom stereocenters. The Kier molecular flexibility index (Phi) is 4.99. The van der Waals surface area contributed by atoms with Gasteiger partial charge in [0, 0.05) is 31.7 Å². The monoisotopic (exact) mass is 428 g/mol. The number of halogens is 3. The number of benzene rings is 2. The summed E-state index contributed by atoms with van der Waals surface area (Å²) in [5.41, 5.74) is 1.35. The van der Waals surface area contributed by atoms with Crippen molar-refractivity contribution >= 4 is 49.1 Å². The molecule has 0 saturated heterocycles. The van der Waals surface area contributed by atoms with Gasteiger partial charge in [-0.15, -0.1) is 0 Å². The number of hydrogen-bond acceptors (Lipinski definition) is 3. The van der Waals surface area contributed by atoms with Crippen molar-refractivity contribution in [2.24, 2.45) is 0 Å². The Bertz CT molecular complexity index is 719. The molecule has 0 N–H and O–H groups in total. The number of nitrogens with zero attached hydrogens (tertiary/aromatic N) is 2. The van der Waals surface area contributed by atoms with Gasteiger partial charge >= 0.3 is 0 Å². The molecule has 0 aromatic heterocycles. The van der Waals surface area contributed by atoms with Crippen LogP contribution in [-0.2, 0) is 0 Å². The van der Waals surface area contributed by atoms with Crippen molar-refractivity contribution in [3.8, 4) is 6.07 Å². The van der Waals surface area contributed by atoms with Gasteiger partial charge in [-0.3, -0.25) is 10.1 Å². The van der Waals surface area contributed by atoms with Crippen LogP contribution in [0.4, 0.5) is 5.69 Å². The van der Waals surface area contributed by atoms with Crippen LogP contribution in [0.3, 0.4) is 0 Å². The van der Waals surface area contributed by atoms with Gasteiger partial charge in [-0.2, -0.15) is 5.26 Å². The third kappa shape index (κ3) is 3.43. The lowest BCUT2D eigenvalue weighted by molar-refractivity contribution is -0.385. The van der Waals surface area contributed by atoms with Crippen LogP contribution in [-0.4, -0.2) is 4.92 Å². The number of nitriles is 1. The number of nitro benzene ring substituents is 1. The summed E-state index contributed by atoms with van der Waals surface area (Å²) in [5.74, 6) is -0.563. The molecule has 2 aromatic rings. The molecule has 0 spiro atoms. The zero-order chi connectivity index (χ0) is 15.6. The summed E-state index contributed by atoms with van der Waals surface area (Å²) in [6, 6.07) is 11.9. The molecule has 0 radical (unpaired) electrons. The number of non-ortho nitro benzene ring substituents is 1. The van der Waals surface area contributed by atoms with Crippen LogP contribution in [0.1, 0.15) is 17.0 Å². The smallest absolute Gasteiger partial charge is 0.258 e. The maximum Gasteiger partial charge on any atom is 0.271 e. The van der Waals surface area contributed by atoms with Gasteiger partial charge in [0.25, 0.3) is 5.69 Å². The van der Waals surface area contributed by atoms with Crippen LogP contribution >= 0.6 is 43.5 Å². The fourth-order valence-corrected chi connectivity index (χ4v) is 3.66. The Labute approximate surface area is 142 Å². The Hall–Kier alpha value is -1.42. The average molecular weight is 430 g/mol. The molecule has 0 fully saturated rings. The predicted octanol–water partition coefficient (Wildman–Crippen LogP) is 5.43. The van der Waals surface area contributed by atoms with Gasteiger partial charge in [0.2, 0.25) is 0 Å². The van der Waals surface area contributed by atoms with Crippen LogP contribution in [0, 0.1) is 21.4 Å². The molecule has 2 aromatic carbocycles. The number of hydrogen-bond donors (Lipinski definition) is 0. The molecule has 0 saturated carbocycles. The normalized spacial score (nSPS) is 11.7. The molecule has 21 heavy (non-hydrogen) atoms. The lowest BCUT2D eigenvalue weighted by atomic mass is 9.92. The molecule has 7 heteroatoms. The highest BCUT2D eigenvalue weighted by molar-refractivity contribution is 9.11. The fourth-order valence-electron chi connectivity index (χ4n) is 1.91. The van der Waals surface area contributed by atoms with E-state index in [1.165, 1.54) is 12.1 Å². The van der Waals surface area contributed by atoms with Gasteiger partial charge in [0.1, 0.15) is 0 Å². The van der Waals surface area contributed by atoms with Crippen LogP contribution in [0.5, 0.6) is 0 Å². The second-order valence-electron chi connectivity index (χ2n) is 4.19. The van der Waals surface area contributed by atoms with E-state index in [-0.39, 0.29) is 5.69 Å². The van der Waals surface area contributed by atoms with Gasteiger partial charge in [-0.1, -0.05) is 55.6 Å². The van der Waals surface area contributed by atoms with Crippen molar-refractivity contribution in [2.75, 3.05) is 0 Å². The lowest BCUT2D eigenvalue weighted by Crippen LogP contribution is -2.02. The fraction of sp³-hybridized carbons (Fsp3) is 0.0714. The minimum Gasteiger partial charge on any atom is -0.258 e. The zero-order valence-electron chi connectivity index (χ0n) is 10.4. The number of nitro groups is 1. The van der Waals surface area contributed by atoms with Crippen LogP contribution < -0.4 is 0 Å². The summed E-state index contributed by atoms with van der Waals surface area (Å²) in [7, 11) is 0. The van der Waals surface area contributed by atoms with Gasteiger partial charge in [0.15, 0.2) is 0 Å². The van der Waals surface area contributed by atoms with E-state index >= 15 is 0 Å². The first-order chi connectivity index (χ1) is 9.93. The molecule has 1 unspecified atom stereocenters. The molecule has 0 amide bonds. The molecule has 0 heterocycles. The summed E-state index contributed by atoms with van der Waals surface area (Å²) in [6.45, 7) is 0. The van der Waals surface area contributed by atoms with E-state index in [0.29, 0.717) is 19.5 Å². The van der Waals surface area contributed by atoms with Crippen molar-refractivity contribution in [1.29, 1.82) is 5.26 Å². The topological polar surface area (TPSA) is 66.9 Å². The first kappa shape index (κ1) is 16.0. The largest absolute Gasteiger partial charge is 0.271 e. The lowest BCUT2D eigenvalue weighted by Gasteiger charge is -2.14. The molecular weight excluding hydrogens is 423 g/mol. The van der Waals surface area contributed by atoms with Crippen molar-refractivity contribution in [2.45, 2.75) is 5.92 Å². The van der Waals surface area contributed by atoms with E-state index in [0.717, 1.165) is 5.56 Å². The van der Waals surface area contributed by atoms with E-state index < -0.39 is 10.8 Å². The molecule has 0 aliphatic heterocycles. The Balaban J connectivity index is 2.56. The van der Waals surface area contributed by atoms with Gasteiger partial charge in [-0.25, -0.2) is 0 Å². The second-order valence-corrected chi connectivity index (χ2v) is 6.34. The highest BCUT2D eigenvalue weighted by Gasteiger charge is 2.22. The summed E-state index contributed by atoms with van der Waals surface area (Å²) >= 11 is 12.5. The third-order valence-corrected chi connectivity index (χ3v) is 4.46. The highest BCUT2D eigenvalue weighted by Crippen LogP contribution is 2.38. The molecule has 0 aliphatic rings. The standard InChI is InChI=1S/C14H7Br2ClN2O2/c15-12-5-10(19(20)21)6-13(16)14(12)11(7-18)8-1-3-9(17)4-2-8/h1-6,11H. The van der Waals surface area contributed by atoms with Crippen molar-refractivity contribution in [3.05, 3.63) is 71.6 Å². The SMILES string of the molecule is N#CC(c1ccc(Cl)cc1)c1c(Br)cc([N+](=O)[O-])cc1Br. The second kappa shape index (κ2) is 6.56. The first-order valence-corrected chi connectivity index (χ1v) is 7.69. The maximum absolute atomic E-state index is 10.8. The van der Waals surface area contributed by atoms with Crippen molar-refractivity contribution in [1.82, 2.24) is 0 Å². The van der Waals surface area contributed by atoms with Crippen LogP contribution in [0.2, 0.25) is 5.02 Å². The van der Waals surface area contributed by atoms with Crippen LogP contribution in [0.25, 0.3) is 0 Å². The molecule has 106 valence electrons. The van der Waals surface area contributed by atoms with E-state index in [2.05, 4.69) is 37.9 Å². The van der Waals surface area contributed by atoms with Gasteiger partial charge in [0.05, 0.1) is 16.9 Å². The van der Waals surface area contributed by atoms with Crippen LogP contribution in [0.15, 0.2) is 45.3 Å². The molecule has 4 nitrogen and oxygen atoms in total. The van der Waals surface area contributed by atoms with Crippen molar-refractivity contribution < 1.29 is 4.92 Å². The van der Waals surface area contributed by atoms with E-state index in [9.17, 15) is 15.4 Å². The maximum atomic E-state index is 10.8. The molecule has 0 aliphatic carbocycles. The minimum absolute atomic E-state index is 0.0507. The Morgan fingerprint density at radius 1 is 1.19 bits per heavy atom. The summed E-state index contributed by atoms with van der Waals surface area (Å²) in [6.07, 6.45) is 0. The third-order valence-electron chi connectivity index (χ3n) is 2.90. The number of rotatable bonds is 3. The molecule has 2 rings (SSSR count). The predicted molar refractivity (Wildman–Crippen MR) is 87.4 cm³/mol. The first-order valence-electron chi connectivity index (χ1n) is 5.72. The summed E-state index contributed by atoms with van der Waals surface area (Å²) in [5, 5.41) is 20.9. The van der Waals surface area contributed by atoms with E-state index in [4.69, 9.17) is 11.6 Å². The van der Waals surface area contributed by atoms with E-state index in [1.54, 1.807) is 24.3 Å². The molecule has 0 bridgehead atoms. The Morgan fingerprint density at radius 2 is 1.71 bits per heavy atom. The molecular formula is C14H7Br2ClN2O2. The summed E-state index contributed by atoms with van der Waals surface area (Å²) in [4.78, 5) is 10.4. The van der Waals surface area contributed by atoms with E-state index in [1.807, 2.05) is 0 Å². The zero-order valence-corrected chi connectivity index (χ0v) is 14.3. The van der Waals surface area contributed by atoms with Crippen molar-refractivity contribution in [3.63, 3.8) is 0 Å². The minimum atomic E-state index is -0.563. The Morgan fingerprint density at radius 3 is 2.14 bits per heavy atom. The quantitative estimate of drug-likeness (QED) is 0.482. The van der Waals surface area contributed by atoms with Gasteiger partial charge < -0.3 is 0 Å².